The molecule has 1 heterocycles. The zero-order chi connectivity index (χ0) is 18.6. The van der Waals surface area contributed by atoms with Crippen LogP contribution in [0.2, 0.25) is 0 Å². The third kappa shape index (κ3) is 4.11. The van der Waals surface area contributed by atoms with Crippen molar-refractivity contribution in [3.63, 3.8) is 0 Å². The van der Waals surface area contributed by atoms with Crippen LogP contribution in [-0.2, 0) is 10.0 Å². The number of amides is 1. The van der Waals surface area contributed by atoms with Crippen molar-refractivity contribution in [2.24, 2.45) is 0 Å². The van der Waals surface area contributed by atoms with Crippen LogP contribution in [0.15, 0.2) is 23.1 Å². The Morgan fingerprint density at radius 3 is 2.44 bits per heavy atom. The molecule has 0 bridgehead atoms. The van der Waals surface area contributed by atoms with E-state index in [0.717, 1.165) is 35.9 Å². The first-order valence-corrected chi connectivity index (χ1v) is 9.67. The van der Waals surface area contributed by atoms with E-state index in [9.17, 15) is 13.2 Å². The number of carbonyl (C=O) groups excluding carboxylic acids is 1. The Balaban J connectivity index is 2.48. The van der Waals surface area contributed by atoms with E-state index in [2.05, 4.69) is 4.90 Å². The van der Waals surface area contributed by atoms with Gasteiger partial charge in [0.25, 0.3) is 5.91 Å². The van der Waals surface area contributed by atoms with Crippen LogP contribution in [0.4, 0.5) is 5.69 Å². The summed E-state index contributed by atoms with van der Waals surface area (Å²) in [4.78, 5) is 16.5. The van der Waals surface area contributed by atoms with Gasteiger partial charge in [0.1, 0.15) is 0 Å². The molecule has 0 unspecified atom stereocenters. The highest BCUT2D eigenvalue weighted by Crippen LogP contribution is 2.29. The normalized spacial score (nSPS) is 14.6. The van der Waals surface area contributed by atoms with Crippen molar-refractivity contribution < 1.29 is 13.2 Å². The summed E-state index contributed by atoms with van der Waals surface area (Å²) in [7, 11) is 0.927. The van der Waals surface area contributed by atoms with E-state index < -0.39 is 10.0 Å². The van der Waals surface area contributed by atoms with E-state index in [-0.39, 0.29) is 17.2 Å². The number of nitrogens with zero attached hydrogens (tertiary/aromatic N) is 4. The average Bonchev–Trinajstić information content (AvgIpc) is 3.12. The molecule has 1 saturated heterocycles. The van der Waals surface area contributed by atoms with Gasteiger partial charge in [-0.1, -0.05) is 0 Å². The van der Waals surface area contributed by atoms with Crippen LogP contribution in [0.3, 0.4) is 0 Å². The first-order chi connectivity index (χ1) is 11.8. The first kappa shape index (κ1) is 19.2. The number of rotatable bonds is 6. The number of benzene rings is 1. The summed E-state index contributed by atoms with van der Waals surface area (Å²) >= 11 is 0. The maximum Gasteiger partial charge on any atom is 0.255 e. The fourth-order valence-corrected chi connectivity index (χ4v) is 3.74. The molecule has 136 valence electrons. The zero-order valence-corrected chi connectivity index (χ0v) is 15.7. The van der Waals surface area contributed by atoms with E-state index >= 15 is 0 Å². The summed E-state index contributed by atoms with van der Waals surface area (Å²) in [5, 5.41) is 8.73. The number of hydrogen-bond donors (Lipinski definition) is 0. The minimum Gasteiger partial charge on any atom is -0.371 e. The predicted octanol–water partition coefficient (Wildman–Crippen LogP) is 1.52. The van der Waals surface area contributed by atoms with Crippen molar-refractivity contribution in [2.75, 3.05) is 45.7 Å². The van der Waals surface area contributed by atoms with E-state index in [1.807, 2.05) is 6.07 Å². The van der Waals surface area contributed by atoms with Gasteiger partial charge in [-0.25, -0.2) is 12.7 Å². The van der Waals surface area contributed by atoms with Crippen LogP contribution in [0.1, 0.15) is 29.6 Å². The Morgan fingerprint density at radius 2 is 1.88 bits per heavy atom. The third-order valence-electron chi connectivity index (χ3n) is 4.33. The molecule has 0 atom stereocenters. The van der Waals surface area contributed by atoms with Gasteiger partial charge in [-0.15, -0.1) is 0 Å². The Hall–Kier alpha value is -2.11. The van der Waals surface area contributed by atoms with Gasteiger partial charge >= 0.3 is 0 Å². The molecule has 0 saturated carbocycles. The van der Waals surface area contributed by atoms with Crippen LogP contribution in [0, 0.1) is 11.3 Å². The van der Waals surface area contributed by atoms with Gasteiger partial charge in [0.05, 0.1) is 22.9 Å². The van der Waals surface area contributed by atoms with Crippen molar-refractivity contribution >= 4 is 21.6 Å². The minimum absolute atomic E-state index is 0.0949. The van der Waals surface area contributed by atoms with Gasteiger partial charge < -0.3 is 9.80 Å². The summed E-state index contributed by atoms with van der Waals surface area (Å²) in [6.45, 7) is 2.00. The standard InChI is InChI=1S/C17H24N4O3S/c1-19(2)25(23,24)14-7-8-16(21-11-4-5-12-21)15(13-14)17(22)20(3)10-6-9-18/h7-8,13H,4-6,10-12H2,1-3H3. The maximum absolute atomic E-state index is 12.9. The summed E-state index contributed by atoms with van der Waals surface area (Å²) in [6, 6.07) is 6.74. The topological polar surface area (TPSA) is 84.7 Å². The Bertz CT molecular complexity index is 778. The van der Waals surface area contributed by atoms with Gasteiger partial charge in [-0.2, -0.15) is 5.26 Å². The van der Waals surface area contributed by atoms with Gasteiger partial charge in [-0.05, 0) is 31.0 Å². The monoisotopic (exact) mass is 364 g/mol. The number of nitriles is 1. The fourth-order valence-electron chi connectivity index (χ4n) is 2.82. The second kappa shape index (κ2) is 7.85. The second-order valence-electron chi connectivity index (χ2n) is 6.30. The molecule has 25 heavy (non-hydrogen) atoms. The number of sulfonamides is 1. The second-order valence-corrected chi connectivity index (χ2v) is 8.45. The highest BCUT2D eigenvalue weighted by Gasteiger charge is 2.25. The molecule has 0 N–H and O–H groups in total. The van der Waals surface area contributed by atoms with Crippen LogP contribution in [-0.4, -0.2) is 64.3 Å². The average molecular weight is 364 g/mol. The number of anilines is 1. The van der Waals surface area contributed by atoms with Crippen molar-refractivity contribution in [3.05, 3.63) is 23.8 Å². The van der Waals surface area contributed by atoms with Crippen molar-refractivity contribution in [1.29, 1.82) is 5.26 Å². The SMILES string of the molecule is CN(CCC#N)C(=O)c1cc(S(=O)(=O)N(C)C)ccc1N1CCCC1. The number of carbonyl (C=O) groups is 1. The van der Waals surface area contributed by atoms with E-state index in [0.29, 0.717) is 12.1 Å². The van der Waals surface area contributed by atoms with Crippen LogP contribution in [0.25, 0.3) is 0 Å². The van der Waals surface area contributed by atoms with Crippen LogP contribution < -0.4 is 4.90 Å². The molecule has 1 aliphatic heterocycles. The molecule has 2 rings (SSSR count). The van der Waals surface area contributed by atoms with Crippen LogP contribution in [0.5, 0.6) is 0 Å². The molecule has 7 nitrogen and oxygen atoms in total. The van der Waals surface area contributed by atoms with E-state index in [4.69, 9.17) is 5.26 Å². The molecule has 1 aromatic carbocycles. The van der Waals surface area contributed by atoms with Crippen molar-refractivity contribution in [3.8, 4) is 6.07 Å². The lowest BCUT2D eigenvalue weighted by molar-refractivity contribution is 0.0798. The smallest absolute Gasteiger partial charge is 0.255 e. The lowest BCUT2D eigenvalue weighted by atomic mass is 10.1. The summed E-state index contributed by atoms with van der Waals surface area (Å²) in [5.41, 5.74) is 1.12. The first-order valence-electron chi connectivity index (χ1n) is 8.23. The molecule has 0 aromatic heterocycles. The molecular formula is C17H24N4O3S. The van der Waals surface area contributed by atoms with Gasteiger partial charge in [0.15, 0.2) is 0 Å². The molecule has 0 spiro atoms. The molecule has 1 aromatic rings. The molecule has 0 aliphatic carbocycles. The molecule has 8 heteroatoms. The van der Waals surface area contributed by atoms with Crippen molar-refractivity contribution in [1.82, 2.24) is 9.21 Å². The molecule has 1 fully saturated rings. The largest absolute Gasteiger partial charge is 0.371 e. The van der Waals surface area contributed by atoms with Gasteiger partial charge in [0, 0.05) is 46.5 Å². The van der Waals surface area contributed by atoms with Crippen LogP contribution >= 0.6 is 0 Å². The molecular weight excluding hydrogens is 340 g/mol. The highest BCUT2D eigenvalue weighted by atomic mass is 32.2. The Kier molecular flexibility index (Phi) is 6.03. The third-order valence-corrected chi connectivity index (χ3v) is 6.14. The van der Waals surface area contributed by atoms with E-state index in [1.165, 1.54) is 25.1 Å². The quantitative estimate of drug-likeness (QED) is 0.764. The number of hydrogen-bond acceptors (Lipinski definition) is 5. The lowest BCUT2D eigenvalue weighted by Gasteiger charge is -2.24. The van der Waals surface area contributed by atoms with E-state index in [1.54, 1.807) is 19.2 Å². The van der Waals surface area contributed by atoms with Crippen molar-refractivity contribution in [2.45, 2.75) is 24.2 Å². The molecule has 1 amide bonds. The molecule has 0 radical (unpaired) electrons. The predicted molar refractivity (Wildman–Crippen MR) is 96.0 cm³/mol. The fraction of sp³-hybridized carbons (Fsp3) is 0.529. The van der Waals surface area contributed by atoms with Gasteiger partial charge in [-0.3, -0.25) is 4.79 Å². The highest BCUT2D eigenvalue weighted by molar-refractivity contribution is 7.89. The minimum atomic E-state index is -3.62. The Labute approximate surface area is 149 Å². The van der Waals surface area contributed by atoms with Gasteiger partial charge in [0.2, 0.25) is 10.0 Å². The molecule has 1 aliphatic rings. The zero-order valence-electron chi connectivity index (χ0n) is 14.9. The lowest BCUT2D eigenvalue weighted by Crippen LogP contribution is -2.31. The summed E-state index contributed by atoms with van der Waals surface area (Å²) < 4.78 is 26.0. The Morgan fingerprint density at radius 1 is 1.24 bits per heavy atom. The maximum atomic E-state index is 12.9. The summed E-state index contributed by atoms with van der Waals surface area (Å²) in [6.07, 6.45) is 2.34. The summed E-state index contributed by atoms with van der Waals surface area (Å²) in [5.74, 6) is -0.270.